The first-order valence-corrected chi connectivity index (χ1v) is 13.9. The zero-order valence-electron chi connectivity index (χ0n) is 22.9. The minimum Gasteiger partial charge on any atom is -0.488 e. The second kappa shape index (κ2) is 11.0. The maximum Gasteiger partial charge on any atom is 0.274 e. The molecule has 5 heterocycles. The highest BCUT2D eigenvalue weighted by atomic mass is 16.5. The number of fused-ring (bicyclic) bond motifs is 3. The molecule has 12 nitrogen and oxygen atoms in total. The van der Waals surface area contributed by atoms with Crippen LogP contribution in [0.3, 0.4) is 0 Å². The molecule has 0 spiro atoms. The topological polar surface area (TPSA) is 125 Å². The Morgan fingerprint density at radius 3 is 2.75 bits per heavy atom. The molecule has 0 radical (unpaired) electrons. The zero-order valence-corrected chi connectivity index (χ0v) is 22.9. The molecule has 2 aliphatic heterocycles. The summed E-state index contributed by atoms with van der Waals surface area (Å²) < 4.78 is 15.4. The van der Waals surface area contributed by atoms with Crippen LogP contribution in [0, 0.1) is 0 Å². The number of morpholine rings is 1. The molecule has 3 aliphatic rings. The largest absolute Gasteiger partial charge is 0.488 e. The number of aromatic nitrogens is 7. The summed E-state index contributed by atoms with van der Waals surface area (Å²) in [6.07, 6.45) is 8.00. The molecule has 0 unspecified atom stereocenters. The van der Waals surface area contributed by atoms with Gasteiger partial charge in [0.15, 0.2) is 11.6 Å². The van der Waals surface area contributed by atoms with E-state index < -0.39 is 0 Å². The van der Waals surface area contributed by atoms with E-state index in [9.17, 15) is 4.79 Å². The lowest BCUT2D eigenvalue weighted by atomic mass is 10.1. The lowest BCUT2D eigenvalue weighted by Crippen LogP contribution is -2.37. The van der Waals surface area contributed by atoms with Crippen LogP contribution < -0.4 is 15.0 Å². The van der Waals surface area contributed by atoms with Gasteiger partial charge < -0.3 is 24.3 Å². The summed E-state index contributed by atoms with van der Waals surface area (Å²) in [5.74, 6) is 1.33. The number of nitrogens with zero attached hydrogens (tertiary/aromatic N) is 8. The van der Waals surface area contributed by atoms with Crippen molar-refractivity contribution < 1.29 is 15.7 Å². The van der Waals surface area contributed by atoms with Crippen molar-refractivity contribution in [2.45, 2.75) is 45.6 Å². The average molecular weight is 546 g/mol. The number of nitrogens with one attached hydrogen (secondary N) is 1. The minimum absolute atomic E-state index is 0. The number of carbonyl (C=O) groups is 1. The standard InChI is InChI=1S/C26H27N9O3.C2H6.H2/c1-16-14-38-24-18(25-30-31-32-35(16)25)3-2-4-19(24)29-26(36)20-11-22(34-13-21(28-15-34)17-5-6-17)23(12-27-20)33-7-9-37-10-8-33;1-2;/h2-4,11-13,15-17H,5-10,14H2,1H3,(H,29,36);1-2H3;1H/t16-;;/m0../s1. The number of imidazole rings is 1. The average Bonchev–Trinajstić information content (AvgIpc) is 3.56. The lowest BCUT2D eigenvalue weighted by Gasteiger charge is -2.30. The van der Waals surface area contributed by atoms with Gasteiger partial charge in [-0.05, 0) is 48.4 Å². The molecule has 1 amide bonds. The number of anilines is 2. The molecule has 1 saturated heterocycles. The van der Waals surface area contributed by atoms with Gasteiger partial charge in [0.1, 0.15) is 12.3 Å². The molecule has 3 aromatic heterocycles. The van der Waals surface area contributed by atoms with Crippen LogP contribution in [0.2, 0.25) is 0 Å². The van der Waals surface area contributed by atoms with Gasteiger partial charge in [-0.3, -0.25) is 4.79 Å². The first kappa shape index (κ1) is 25.9. The van der Waals surface area contributed by atoms with E-state index in [1.807, 2.05) is 55.9 Å². The number of carbonyl (C=O) groups excluding carboxylic acids is 1. The number of benzene rings is 1. The third-order valence-electron chi connectivity index (χ3n) is 7.21. The van der Waals surface area contributed by atoms with Crippen molar-refractivity contribution in [3.05, 3.63) is 54.4 Å². The number of tetrazole rings is 1. The Morgan fingerprint density at radius 2 is 1.95 bits per heavy atom. The number of rotatable bonds is 5. The summed E-state index contributed by atoms with van der Waals surface area (Å²) in [5.41, 5.74) is 4.45. The van der Waals surface area contributed by atoms with Crippen LogP contribution in [0.4, 0.5) is 11.4 Å². The summed E-state index contributed by atoms with van der Waals surface area (Å²) in [4.78, 5) is 24.9. The van der Waals surface area contributed by atoms with Crippen molar-refractivity contribution in [3.8, 4) is 22.8 Å². The van der Waals surface area contributed by atoms with Gasteiger partial charge in [-0.15, -0.1) is 5.10 Å². The van der Waals surface area contributed by atoms with Gasteiger partial charge in [0.2, 0.25) is 0 Å². The summed E-state index contributed by atoms with van der Waals surface area (Å²) in [6, 6.07) is 7.31. The minimum atomic E-state index is -0.337. The Bertz CT molecular complexity index is 1510. The Kier molecular flexibility index (Phi) is 7.16. The van der Waals surface area contributed by atoms with Gasteiger partial charge in [-0.25, -0.2) is 14.6 Å². The van der Waals surface area contributed by atoms with Crippen LogP contribution in [0.25, 0.3) is 17.1 Å². The molecule has 1 saturated carbocycles. The van der Waals surface area contributed by atoms with Gasteiger partial charge in [0, 0.05) is 26.6 Å². The summed E-state index contributed by atoms with van der Waals surface area (Å²) in [7, 11) is 0. The molecular formula is C28H35N9O3. The summed E-state index contributed by atoms with van der Waals surface area (Å²) in [5, 5.41) is 15.1. The van der Waals surface area contributed by atoms with Gasteiger partial charge >= 0.3 is 0 Å². The van der Waals surface area contributed by atoms with Crippen molar-refractivity contribution in [1.82, 2.24) is 34.7 Å². The Balaban J connectivity index is 0.00000110. The van der Waals surface area contributed by atoms with Gasteiger partial charge in [-0.2, -0.15) is 0 Å². The molecule has 7 rings (SSSR count). The molecule has 1 atom stereocenters. The fourth-order valence-corrected chi connectivity index (χ4v) is 4.97. The zero-order chi connectivity index (χ0) is 27.6. The van der Waals surface area contributed by atoms with E-state index in [0.717, 1.165) is 35.7 Å². The van der Waals surface area contributed by atoms with Crippen molar-refractivity contribution >= 4 is 17.3 Å². The monoisotopic (exact) mass is 545 g/mol. The number of hydrogen-bond donors (Lipinski definition) is 1. The van der Waals surface area contributed by atoms with Crippen molar-refractivity contribution in [1.29, 1.82) is 0 Å². The number of ether oxygens (including phenoxy) is 2. The summed E-state index contributed by atoms with van der Waals surface area (Å²) in [6.45, 7) is 9.18. The number of para-hydroxylation sites is 1. The normalized spacial score (nSPS) is 18.0. The molecule has 40 heavy (non-hydrogen) atoms. The third-order valence-corrected chi connectivity index (χ3v) is 7.21. The summed E-state index contributed by atoms with van der Waals surface area (Å²) >= 11 is 0. The fourth-order valence-electron chi connectivity index (χ4n) is 4.97. The molecule has 0 bridgehead atoms. The molecule has 1 aliphatic carbocycles. The maximum absolute atomic E-state index is 13.5. The molecule has 210 valence electrons. The first-order chi connectivity index (χ1) is 19.7. The number of pyridine rings is 1. The first-order valence-electron chi connectivity index (χ1n) is 13.9. The van der Waals surface area contributed by atoms with E-state index >= 15 is 0 Å². The fraction of sp³-hybridized carbons (Fsp3) is 0.429. The van der Waals surface area contributed by atoms with Crippen molar-refractivity contribution in [3.63, 3.8) is 0 Å². The molecule has 2 fully saturated rings. The predicted molar refractivity (Wildman–Crippen MR) is 151 cm³/mol. The van der Waals surface area contributed by atoms with Crippen LogP contribution in [0.15, 0.2) is 43.0 Å². The SMILES string of the molecule is CC.C[C@H]1COc2c(NC(=O)c3cc(-n4cnc(C5CC5)c4)c(N4CCOCC4)cn3)cccc2-c2nnnn21.[HH]. The molecule has 4 aromatic rings. The Labute approximate surface area is 233 Å². The molecular weight excluding hydrogens is 510 g/mol. The van der Waals surface area contributed by atoms with E-state index in [1.165, 1.54) is 12.8 Å². The van der Waals surface area contributed by atoms with Crippen LogP contribution in [0.5, 0.6) is 5.75 Å². The number of hydrogen-bond acceptors (Lipinski definition) is 9. The Hall–Kier alpha value is -4.32. The quantitative estimate of drug-likeness (QED) is 0.394. The van der Waals surface area contributed by atoms with Crippen molar-refractivity contribution in [2.24, 2.45) is 0 Å². The van der Waals surface area contributed by atoms with Crippen LogP contribution >= 0.6 is 0 Å². The van der Waals surface area contributed by atoms with Crippen molar-refractivity contribution in [2.75, 3.05) is 43.1 Å². The Morgan fingerprint density at radius 1 is 1.12 bits per heavy atom. The van der Waals surface area contributed by atoms with Crippen LogP contribution in [0.1, 0.15) is 63.2 Å². The van der Waals surface area contributed by atoms with E-state index in [-0.39, 0.29) is 13.4 Å². The van der Waals surface area contributed by atoms with E-state index in [1.54, 1.807) is 10.9 Å². The van der Waals surface area contributed by atoms with Crippen LogP contribution in [-0.2, 0) is 4.74 Å². The number of amides is 1. The highest BCUT2D eigenvalue weighted by Gasteiger charge is 2.28. The second-order valence-corrected chi connectivity index (χ2v) is 9.88. The van der Waals surface area contributed by atoms with Gasteiger partial charge in [-0.1, -0.05) is 19.9 Å². The predicted octanol–water partition coefficient (Wildman–Crippen LogP) is 4.11. The van der Waals surface area contributed by atoms with E-state index in [2.05, 4.69) is 41.9 Å². The highest BCUT2D eigenvalue weighted by molar-refractivity contribution is 6.05. The lowest BCUT2D eigenvalue weighted by molar-refractivity contribution is 0.102. The molecule has 12 heteroatoms. The smallest absolute Gasteiger partial charge is 0.274 e. The van der Waals surface area contributed by atoms with E-state index in [4.69, 9.17) is 9.47 Å². The highest BCUT2D eigenvalue weighted by Crippen LogP contribution is 2.40. The molecule has 1 aromatic carbocycles. The maximum atomic E-state index is 13.5. The van der Waals surface area contributed by atoms with E-state index in [0.29, 0.717) is 48.7 Å². The van der Waals surface area contributed by atoms with Gasteiger partial charge in [0.25, 0.3) is 5.91 Å². The molecule has 1 N–H and O–H groups in total. The second-order valence-electron chi connectivity index (χ2n) is 9.88. The third kappa shape index (κ3) is 4.90. The van der Waals surface area contributed by atoms with Gasteiger partial charge in [0.05, 0.1) is 60.1 Å². The van der Waals surface area contributed by atoms with Crippen LogP contribution in [-0.4, -0.2) is 73.6 Å².